The first-order chi connectivity index (χ1) is 9.19. The van der Waals surface area contributed by atoms with E-state index >= 15 is 0 Å². The Hall–Kier alpha value is -1.11. The number of likely N-dealkylation sites (tertiary alicyclic amines) is 1. The molecule has 0 spiro atoms. The molecule has 0 radical (unpaired) electrons. The number of hydrogen-bond donors (Lipinski definition) is 1. The van der Waals surface area contributed by atoms with E-state index in [0.717, 1.165) is 28.9 Å². The van der Waals surface area contributed by atoms with Crippen LogP contribution in [0, 0.1) is 5.92 Å². The third-order valence-corrected chi connectivity index (χ3v) is 4.67. The molecule has 1 unspecified atom stereocenters. The van der Waals surface area contributed by atoms with Crippen LogP contribution >= 0.6 is 11.3 Å². The Bertz CT molecular complexity index is 560. The average Bonchev–Trinajstić information content (AvgIpc) is 3.03. The van der Waals surface area contributed by atoms with Crippen LogP contribution in [0.5, 0.6) is 0 Å². The summed E-state index contributed by atoms with van der Waals surface area (Å²) in [5, 5.41) is 2.05. The first-order valence-corrected chi connectivity index (χ1v) is 7.61. The maximum Gasteiger partial charge on any atom is 0.195 e. The molecule has 3 heterocycles. The number of aromatic nitrogens is 2. The number of imidazole rings is 1. The molecule has 0 bridgehead atoms. The first kappa shape index (κ1) is 12.9. The van der Waals surface area contributed by atoms with E-state index in [0.29, 0.717) is 6.54 Å². The standard InChI is InChI=1S/C13H21N5S/c1-16-4-3-10(8-16)9-17(2)12-11(7-14)18-5-6-19-13(18)15-12/h5-6,10H,3-4,7-9,14H2,1-2H3. The highest BCUT2D eigenvalue weighted by Crippen LogP contribution is 2.25. The maximum atomic E-state index is 5.90. The van der Waals surface area contributed by atoms with Crippen molar-refractivity contribution in [1.29, 1.82) is 0 Å². The smallest absolute Gasteiger partial charge is 0.195 e. The maximum absolute atomic E-state index is 5.90. The zero-order valence-electron chi connectivity index (χ0n) is 11.5. The summed E-state index contributed by atoms with van der Waals surface area (Å²) in [6.07, 6.45) is 3.33. The zero-order valence-corrected chi connectivity index (χ0v) is 12.4. The van der Waals surface area contributed by atoms with E-state index in [4.69, 9.17) is 10.7 Å². The van der Waals surface area contributed by atoms with Gasteiger partial charge in [-0.3, -0.25) is 4.40 Å². The molecule has 1 fully saturated rings. The Labute approximate surface area is 117 Å². The van der Waals surface area contributed by atoms with Gasteiger partial charge >= 0.3 is 0 Å². The number of nitrogens with two attached hydrogens (primary N) is 1. The normalized spacial score (nSPS) is 20.5. The summed E-state index contributed by atoms with van der Waals surface area (Å²) in [5.74, 6) is 1.78. The summed E-state index contributed by atoms with van der Waals surface area (Å²) in [4.78, 5) is 10.4. The van der Waals surface area contributed by atoms with Crippen LogP contribution < -0.4 is 10.6 Å². The summed E-state index contributed by atoms with van der Waals surface area (Å²) in [6, 6.07) is 0. The van der Waals surface area contributed by atoms with Gasteiger partial charge in [-0.1, -0.05) is 0 Å². The van der Waals surface area contributed by atoms with Crippen LogP contribution in [0.4, 0.5) is 5.82 Å². The Morgan fingerprint density at radius 1 is 1.58 bits per heavy atom. The highest BCUT2D eigenvalue weighted by Gasteiger charge is 2.23. The molecule has 0 saturated carbocycles. The molecule has 0 aliphatic carbocycles. The van der Waals surface area contributed by atoms with Crippen LogP contribution in [0.2, 0.25) is 0 Å². The molecule has 5 nitrogen and oxygen atoms in total. The fraction of sp³-hybridized carbons (Fsp3) is 0.615. The van der Waals surface area contributed by atoms with E-state index in [1.54, 1.807) is 11.3 Å². The quantitative estimate of drug-likeness (QED) is 0.915. The summed E-state index contributed by atoms with van der Waals surface area (Å²) in [6.45, 7) is 3.98. The second-order valence-corrected chi connectivity index (χ2v) is 6.31. The van der Waals surface area contributed by atoms with Crippen LogP contribution in [0.25, 0.3) is 4.96 Å². The lowest BCUT2D eigenvalue weighted by Crippen LogP contribution is -2.28. The average molecular weight is 279 g/mol. The van der Waals surface area contributed by atoms with Gasteiger partial charge in [-0.25, -0.2) is 4.98 Å². The first-order valence-electron chi connectivity index (χ1n) is 6.73. The predicted molar refractivity (Wildman–Crippen MR) is 79.8 cm³/mol. The molecule has 1 atom stereocenters. The molecule has 0 amide bonds. The van der Waals surface area contributed by atoms with E-state index < -0.39 is 0 Å². The second kappa shape index (κ2) is 5.11. The summed E-state index contributed by atoms with van der Waals surface area (Å²) < 4.78 is 2.11. The molecule has 6 heteroatoms. The Morgan fingerprint density at radius 3 is 3.11 bits per heavy atom. The van der Waals surface area contributed by atoms with Crippen molar-refractivity contribution in [2.45, 2.75) is 13.0 Å². The minimum absolute atomic E-state index is 0.530. The summed E-state index contributed by atoms with van der Waals surface area (Å²) >= 11 is 1.66. The van der Waals surface area contributed by atoms with Crippen molar-refractivity contribution in [2.75, 3.05) is 38.6 Å². The fourth-order valence-corrected chi connectivity index (χ4v) is 3.69. The lowest BCUT2D eigenvalue weighted by Gasteiger charge is -2.22. The van der Waals surface area contributed by atoms with Crippen molar-refractivity contribution < 1.29 is 0 Å². The molecule has 19 heavy (non-hydrogen) atoms. The van der Waals surface area contributed by atoms with Gasteiger partial charge in [0.2, 0.25) is 0 Å². The molecule has 2 aromatic heterocycles. The molecule has 1 aliphatic heterocycles. The van der Waals surface area contributed by atoms with Gasteiger partial charge in [0.15, 0.2) is 10.8 Å². The summed E-state index contributed by atoms with van der Waals surface area (Å²) in [7, 11) is 4.32. The topological polar surface area (TPSA) is 49.8 Å². The van der Waals surface area contributed by atoms with Crippen molar-refractivity contribution in [2.24, 2.45) is 11.7 Å². The summed E-state index contributed by atoms with van der Waals surface area (Å²) in [5.41, 5.74) is 7.01. The Morgan fingerprint density at radius 2 is 2.42 bits per heavy atom. The second-order valence-electron chi connectivity index (χ2n) is 5.44. The van der Waals surface area contributed by atoms with Crippen molar-refractivity contribution in [3.63, 3.8) is 0 Å². The Kier molecular flexibility index (Phi) is 3.47. The minimum atomic E-state index is 0.530. The van der Waals surface area contributed by atoms with Crippen LogP contribution in [0.3, 0.4) is 0 Å². The van der Waals surface area contributed by atoms with E-state index in [-0.39, 0.29) is 0 Å². The van der Waals surface area contributed by atoms with Crippen LogP contribution in [-0.4, -0.2) is 48.0 Å². The molecule has 104 valence electrons. The molecule has 0 aromatic carbocycles. The molecular formula is C13H21N5S. The van der Waals surface area contributed by atoms with Crippen molar-refractivity contribution in [3.05, 3.63) is 17.3 Å². The van der Waals surface area contributed by atoms with Gasteiger partial charge in [-0.2, -0.15) is 0 Å². The lowest BCUT2D eigenvalue weighted by molar-refractivity contribution is 0.395. The van der Waals surface area contributed by atoms with Gasteiger partial charge in [0.05, 0.1) is 5.69 Å². The van der Waals surface area contributed by atoms with Gasteiger partial charge in [0.1, 0.15) is 0 Å². The third kappa shape index (κ3) is 2.35. The highest BCUT2D eigenvalue weighted by atomic mass is 32.1. The number of anilines is 1. The predicted octanol–water partition coefficient (Wildman–Crippen LogP) is 1.24. The van der Waals surface area contributed by atoms with Crippen molar-refractivity contribution in [3.8, 4) is 0 Å². The molecule has 3 rings (SSSR count). The van der Waals surface area contributed by atoms with Crippen molar-refractivity contribution in [1.82, 2.24) is 14.3 Å². The van der Waals surface area contributed by atoms with Gasteiger partial charge in [0, 0.05) is 38.3 Å². The largest absolute Gasteiger partial charge is 0.358 e. The lowest BCUT2D eigenvalue weighted by atomic mass is 10.1. The molecule has 2 aromatic rings. The minimum Gasteiger partial charge on any atom is -0.358 e. The monoisotopic (exact) mass is 279 g/mol. The van der Waals surface area contributed by atoms with Crippen LogP contribution in [0.1, 0.15) is 12.1 Å². The molecule has 1 aliphatic rings. The van der Waals surface area contributed by atoms with Crippen LogP contribution in [-0.2, 0) is 6.54 Å². The number of hydrogen-bond acceptors (Lipinski definition) is 5. The van der Waals surface area contributed by atoms with Gasteiger partial charge < -0.3 is 15.5 Å². The third-order valence-electron chi connectivity index (χ3n) is 3.92. The number of rotatable bonds is 4. The van der Waals surface area contributed by atoms with Crippen LogP contribution in [0.15, 0.2) is 11.6 Å². The number of thiazole rings is 1. The number of fused-ring (bicyclic) bond motifs is 1. The zero-order chi connectivity index (χ0) is 13.4. The van der Waals surface area contributed by atoms with Gasteiger partial charge in [-0.15, -0.1) is 11.3 Å². The molecule has 2 N–H and O–H groups in total. The van der Waals surface area contributed by atoms with Gasteiger partial charge in [0.25, 0.3) is 0 Å². The fourth-order valence-electron chi connectivity index (χ4n) is 2.97. The van der Waals surface area contributed by atoms with E-state index in [9.17, 15) is 0 Å². The SMILES string of the molecule is CN1CCC(CN(C)c2nc3sccn3c2CN)C1. The Balaban J connectivity index is 1.80. The number of nitrogens with zero attached hydrogens (tertiary/aromatic N) is 4. The van der Waals surface area contributed by atoms with Gasteiger partial charge in [-0.05, 0) is 25.9 Å². The van der Waals surface area contributed by atoms with Crippen molar-refractivity contribution >= 4 is 22.1 Å². The van der Waals surface area contributed by atoms with E-state index in [1.165, 1.54) is 19.5 Å². The molecular weight excluding hydrogens is 258 g/mol. The van der Waals surface area contributed by atoms with E-state index in [1.807, 2.05) is 0 Å². The van der Waals surface area contributed by atoms with E-state index in [2.05, 4.69) is 39.9 Å². The highest BCUT2D eigenvalue weighted by molar-refractivity contribution is 7.15. The molecule has 1 saturated heterocycles.